The van der Waals surface area contributed by atoms with Crippen LogP contribution in [-0.4, -0.2) is 50.4 Å². The van der Waals surface area contributed by atoms with Crippen molar-refractivity contribution in [2.75, 3.05) is 25.5 Å². The van der Waals surface area contributed by atoms with Crippen molar-refractivity contribution in [1.29, 1.82) is 0 Å². The fraction of sp³-hybridized carbons (Fsp3) is 0.318. The third-order valence-electron chi connectivity index (χ3n) is 5.64. The molecule has 4 aromatic heterocycles. The van der Waals surface area contributed by atoms with Crippen LogP contribution in [0, 0.1) is 0 Å². The molecule has 0 radical (unpaired) electrons. The number of halogens is 2. The Hall–Kier alpha value is -3.53. The quantitative estimate of drug-likeness (QED) is 0.475. The second-order valence-electron chi connectivity index (χ2n) is 7.69. The zero-order chi connectivity index (χ0) is 22.1. The maximum atomic E-state index is 13.0. The van der Waals surface area contributed by atoms with Gasteiger partial charge in [-0.05, 0) is 38.1 Å². The summed E-state index contributed by atoms with van der Waals surface area (Å²) in [5.74, 6) is 1.34. The summed E-state index contributed by atoms with van der Waals surface area (Å²) in [5.41, 5.74) is 3.38. The summed E-state index contributed by atoms with van der Waals surface area (Å²) < 4.78 is 34.0. The normalized spacial score (nSPS) is 14.9. The van der Waals surface area contributed by atoms with E-state index < -0.39 is 6.55 Å². The first-order valence-electron chi connectivity index (χ1n) is 10.4. The molecule has 4 aromatic rings. The third kappa shape index (κ3) is 3.89. The van der Waals surface area contributed by atoms with Gasteiger partial charge in [-0.1, -0.05) is 6.07 Å². The molecule has 1 fully saturated rings. The van der Waals surface area contributed by atoms with Gasteiger partial charge in [-0.3, -0.25) is 4.40 Å². The lowest BCUT2D eigenvalue weighted by Crippen LogP contribution is -2.35. The summed E-state index contributed by atoms with van der Waals surface area (Å²) in [4.78, 5) is 9.28. The van der Waals surface area contributed by atoms with Gasteiger partial charge in [0.1, 0.15) is 17.2 Å². The number of pyridine rings is 2. The highest BCUT2D eigenvalue weighted by Crippen LogP contribution is 2.33. The summed E-state index contributed by atoms with van der Waals surface area (Å²) in [7, 11) is 1.54. The van der Waals surface area contributed by atoms with Crippen molar-refractivity contribution >= 4 is 11.5 Å². The van der Waals surface area contributed by atoms with Gasteiger partial charge < -0.3 is 15.4 Å². The third-order valence-corrected chi connectivity index (χ3v) is 5.64. The van der Waals surface area contributed by atoms with Gasteiger partial charge in [0.05, 0.1) is 30.9 Å². The number of hydrogen-bond donors (Lipinski definition) is 2. The molecular weight excluding hydrogens is 416 g/mol. The number of nitrogens with zero attached hydrogens (tertiary/aromatic N) is 5. The molecule has 32 heavy (non-hydrogen) atoms. The van der Waals surface area contributed by atoms with Gasteiger partial charge in [0.25, 0.3) is 0 Å². The van der Waals surface area contributed by atoms with Crippen LogP contribution < -0.4 is 15.4 Å². The average Bonchev–Trinajstić information content (AvgIpc) is 3.46. The second kappa shape index (κ2) is 8.54. The number of piperidine rings is 1. The predicted molar refractivity (Wildman–Crippen MR) is 117 cm³/mol. The highest BCUT2D eigenvalue weighted by Gasteiger charge is 2.17. The topological polar surface area (TPSA) is 81.3 Å². The molecule has 0 aromatic carbocycles. The maximum absolute atomic E-state index is 13.0. The van der Waals surface area contributed by atoms with Crippen LogP contribution in [0.15, 0.2) is 49.1 Å². The largest absolute Gasteiger partial charge is 0.496 e. The van der Waals surface area contributed by atoms with Crippen LogP contribution in [0.1, 0.15) is 19.4 Å². The molecule has 1 aliphatic heterocycles. The van der Waals surface area contributed by atoms with Gasteiger partial charge in [0.15, 0.2) is 0 Å². The Bertz CT molecular complexity index is 1230. The lowest BCUT2D eigenvalue weighted by Gasteiger charge is -2.24. The number of imidazole rings is 1. The number of rotatable bonds is 6. The van der Waals surface area contributed by atoms with Crippen molar-refractivity contribution in [1.82, 2.24) is 29.5 Å². The van der Waals surface area contributed by atoms with Crippen molar-refractivity contribution < 1.29 is 13.5 Å². The highest BCUT2D eigenvalue weighted by atomic mass is 19.3. The van der Waals surface area contributed by atoms with Crippen LogP contribution in [0.25, 0.3) is 28.2 Å². The fourth-order valence-electron chi connectivity index (χ4n) is 4.00. The summed E-state index contributed by atoms with van der Waals surface area (Å²) >= 11 is 0. The van der Waals surface area contributed by atoms with Crippen molar-refractivity contribution in [2.24, 2.45) is 0 Å². The minimum Gasteiger partial charge on any atom is -0.496 e. The van der Waals surface area contributed by atoms with Gasteiger partial charge in [0, 0.05) is 35.6 Å². The molecule has 1 saturated heterocycles. The highest BCUT2D eigenvalue weighted by molar-refractivity contribution is 5.73. The molecule has 10 heteroatoms. The molecule has 0 atom stereocenters. The Morgan fingerprint density at radius 2 is 2.03 bits per heavy atom. The first kappa shape index (κ1) is 20.4. The molecule has 0 bridgehead atoms. The van der Waals surface area contributed by atoms with E-state index in [1.165, 1.54) is 19.5 Å². The Kier molecular flexibility index (Phi) is 5.44. The molecule has 0 aliphatic carbocycles. The number of fused-ring (bicyclic) bond motifs is 1. The number of methoxy groups -OCH3 is 1. The molecule has 8 nitrogen and oxygen atoms in total. The summed E-state index contributed by atoms with van der Waals surface area (Å²) in [6, 6.07) is 8.01. The molecule has 5 heterocycles. The van der Waals surface area contributed by atoms with Crippen LogP contribution in [0.2, 0.25) is 0 Å². The second-order valence-corrected chi connectivity index (χ2v) is 7.69. The molecule has 1 aliphatic rings. The lowest BCUT2D eigenvalue weighted by molar-refractivity contribution is 0.0566. The average molecular weight is 439 g/mol. The van der Waals surface area contributed by atoms with E-state index in [0.717, 1.165) is 43.1 Å². The van der Waals surface area contributed by atoms with E-state index in [4.69, 9.17) is 9.72 Å². The SMILES string of the molecule is COc1cc2ncc(-c3cccc(NC4CCNCC4)n3)n2cc1-c1cnn(C(F)F)c1. The number of aromatic nitrogens is 5. The molecular formula is C22H23F2N7O. The van der Waals surface area contributed by atoms with Crippen LogP contribution >= 0.6 is 0 Å². The standard InChI is InChI=1S/C22H23F2N7O/c1-32-19-9-21-26-11-18(30(21)13-16(19)14-10-27-31(12-14)22(23)24)17-3-2-4-20(29-17)28-15-5-7-25-8-6-15/h2-4,9-13,15,22,25H,5-8H2,1H3,(H,28,29). The maximum Gasteiger partial charge on any atom is 0.333 e. The summed E-state index contributed by atoms with van der Waals surface area (Å²) in [6.07, 6.45) is 8.37. The smallest absolute Gasteiger partial charge is 0.333 e. The summed E-state index contributed by atoms with van der Waals surface area (Å²) in [5, 5.41) is 10.6. The minimum absolute atomic E-state index is 0.392. The van der Waals surface area contributed by atoms with Crippen molar-refractivity contribution in [3.8, 4) is 28.3 Å². The number of alkyl halides is 2. The Morgan fingerprint density at radius 3 is 2.78 bits per heavy atom. The van der Waals surface area contributed by atoms with E-state index in [1.807, 2.05) is 28.8 Å². The predicted octanol–water partition coefficient (Wildman–Crippen LogP) is 3.83. The molecule has 0 spiro atoms. The van der Waals surface area contributed by atoms with Crippen LogP contribution in [0.3, 0.4) is 0 Å². The van der Waals surface area contributed by atoms with Gasteiger partial charge >= 0.3 is 6.55 Å². The van der Waals surface area contributed by atoms with E-state index in [2.05, 4.69) is 20.7 Å². The lowest BCUT2D eigenvalue weighted by atomic mass is 10.1. The van der Waals surface area contributed by atoms with Gasteiger partial charge in [-0.2, -0.15) is 13.9 Å². The molecule has 0 amide bonds. The van der Waals surface area contributed by atoms with E-state index in [1.54, 1.807) is 12.3 Å². The number of anilines is 1. The van der Waals surface area contributed by atoms with Crippen molar-refractivity contribution in [3.05, 3.63) is 49.1 Å². The molecule has 166 valence electrons. The fourth-order valence-corrected chi connectivity index (χ4v) is 4.00. The van der Waals surface area contributed by atoms with Crippen LogP contribution in [-0.2, 0) is 0 Å². The molecule has 0 saturated carbocycles. The van der Waals surface area contributed by atoms with Crippen molar-refractivity contribution in [3.63, 3.8) is 0 Å². The van der Waals surface area contributed by atoms with Crippen LogP contribution in [0.4, 0.5) is 14.6 Å². The Balaban J connectivity index is 1.53. The number of hydrogen-bond acceptors (Lipinski definition) is 6. The van der Waals surface area contributed by atoms with Gasteiger partial charge in [-0.25, -0.2) is 14.6 Å². The number of ether oxygens (including phenoxy) is 1. The van der Waals surface area contributed by atoms with E-state index in [-0.39, 0.29) is 0 Å². The Labute approximate surface area is 183 Å². The van der Waals surface area contributed by atoms with E-state index >= 15 is 0 Å². The molecule has 5 rings (SSSR count). The molecule has 2 N–H and O–H groups in total. The van der Waals surface area contributed by atoms with Gasteiger partial charge in [-0.15, -0.1) is 0 Å². The Morgan fingerprint density at radius 1 is 1.19 bits per heavy atom. The van der Waals surface area contributed by atoms with Crippen molar-refractivity contribution in [2.45, 2.75) is 25.4 Å². The zero-order valence-electron chi connectivity index (χ0n) is 17.5. The van der Waals surface area contributed by atoms with E-state index in [9.17, 15) is 8.78 Å². The monoisotopic (exact) mass is 439 g/mol. The zero-order valence-corrected chi connectivity index (χ0v) is 17.5. The first-order valence-corrected chi connectivity index (χ1v) is 10.4. The summed E-state index contributed by atoms with van der Waals surface area (Å²) in [6.45, 7) is -0.712. The van der Waals surface area contributed by atoms with Gasteiger partial charge in [0.2, 0.25) is 0 Å². The number of nitrogens with one attached hydrogen (secondary N) is 2. The minimum atomic E-state index is -2.71. The molecule has 0 unspecified atom stereocenters. The van der Waals surface area contributed by atoms with Crippen LogP contribution in [0.5, 0.6) is 5.75 Å². The van der Waals surface area contributed by atoms with E-state index in [0.29, 0.717) is 33.2 Å². The first-order chi connectivity index (χ1) is 15.6.